The zero-order valence-electron chi connectivity index (χ0n) is 11.3. The number of oxime groups is 1. The smallest absolute Gasteiger partial charge is 0.135 e. The molecule has 2 rings (SSSR count). The van der Waals surface area contributed by atoms with E-state index in [4.69, 9.17) is 28.0 Å². The minimum atomic E-state index is 0.335. The van der Waals surface area contributed by atoms with Crippen LogP contribution in [0.5, 0.6) is 0 Å². The first-order valence-electron chi connectivity index (χ1n) is 6.34. The monoisotopic (exact) mass is 320 g/mol. The third-order valence-corrected chi connectivity index (χ3v) is 3.25. The molecule has 0 aliphatic heterocycles. The SMILES string of the molecule is C=CCON=C(Cc1cccnc1)c1ccc(Cl)cc1Cl. The first-order chi connectivity index (χ1) is 10.2. The van der Waals surface area contributed by atoms with Gasteiger partial charge in [0.25, 0.3) is 0 Å². The molecule has 0 aliphatic rings. The minimum absolute atomic E-state index is 0.335. The molecule has 0 fully saturated rings. The lowest BCUT2D eigenvalue weighted by Crippen LogP contribution is -2.07. The molecule has 0 unspecified atom stereocenters. The van der Waals surface area contributed by atoms with Gasteiger partial charge < -0.3 is 4.84 Å². The number of hydrogen-bond donors (Lipinski definition) is 0. The molecule has 0 N–H and O–H groups in total. The highest BCUT2D eigenvalue weighted by Crippen LogP contribution is 2.23. The van der Waals surface area contributed by atoms with E-state index in [9.17, 15) is 0 Å². The summed E-state index contributed by atoms with van der Waals surface area (Å²) in [6.07, 6.45) is 5.71. The van der Waals surface area contributed by atoms with Gasteiger partial charge >= 0.3 is 0 Å². The van der Waals surface area contributed by atoms with Crippen molar-refractivity contribution >= 4 is 28.9 Å². The van der Waals surface area contributed by atoms with Gasteiger partial charge in [0.05, 0.1) is 10.7 Å². The van der Waals surface area contributed by atoms with Gasteiger partial charge in [0.15, 0.2) is 0 Å². The Labute approximate surface area is 133 Å². The largest absolute Gasteiger partial charge is 0.391 e. The fourth-order valence-corrected chi connectivity index (χ4v) is 2.28. The van der Waals surface area contributed by atoms with E-state index in [1.54, 1.807) is 30.6 Å². The molecule has 0 spiro atoms. The number of aromatic nitrogens is 1. The zero-order valence-corrected chi connectivity index (χ0v) is 12.8. The van der Waals surface area contributed by atoms with Crippen molar-refractivity contribution in [1.29, 1.82) is 0 Å². The first kappa shape index (κ1) is 15.5. The van der Waals surface area contributed by atoms with Crippen molar-refractivity contribution in [3.63, 3.8) is 0 Å². The molecule has 1 heterocycles. The Morgan fingerprint density at radius 1 is 1.33 bits per heavy atom. The summed E-state index contributed by atoms with van der Waals surface area (Å²) in [5, 5.41) is 5.27. The Balaban J connectivity index is 2.31. The lowest BCUT2D eigenvalue weighted by molar-refractivity contribution is 0.174. The lowest BCUT2D eigenvalue weighted by atomic mass is 10.0. The molecule has 2 aromatic rings. The summed E-state index contributed by atoms with van der Waals surface area (Å²) < 4.78 is 0. The van der Waals surface area contributed by atoms with Crippen molar-refractivity contribution in [3.8, 4) is 0 Å². The zero-order chi connectivity index (χ0) is 15.1. The molecule has 21 heavy (non-hydrogen) atoms. The average molecular weight is 321 g/mol. The van der Waals surface area contributed by atoms with Crippen LogP contribution in [0, 0.1) is 0 Å². The summed E-state index contributed by atoms with van der Waals surface area (Å²) in [5.41, 5.74) is 2.52. The molecule has 3 nitrogen and oxygen atoms in total. The van der Waals surface area contributed by atoms with Crippen molar-refractivity contribution in [2.75, 3.05) is 6.61 Å². The lowest BCUT2D eigenvalue weighted by Gasteiger charge is -2.09. The fraction of sp³-hybridized carbons (Fsp3) is 0.125. The molecule has 1 aromatic heterocycles. The van der Waals surface area contributed by atoms with Crippen LogP contribution in [-0.4, -0.2) is 17.3 Å². The molecule has 0 saturated heterocycles. The van der Waals surface area contributed by atoms with E-state index in [1.165, 1.54) is 0 Å². The van der Waals surface area contributed by atoms with Crippen LogP contribution in [0.3, 0.4) is 0 Å². The summed E-state index contributed by atoms with van der Waals surface area (Å²) >= 11 is 12.2. The van der Waals surface area contributed by atoms with Crippen LogP contribution in [0.2, 0.25) is 10.0 Å². The first-order valence-corrected chi connectivity index (χ1v) is 7.10. The van der Waals surface area contributed by atoms with Crippen molar-refractivity contribution < 1.29 is 4.84 Å². The van der Waals surface area contributed by atoms with Crippen LogP contribution in [0.1, 0.15) is 11.1 Å². The van der Waals surface area contributed by atoms with Gasteiger partial charge in [0, 0.05) is 29.4 Å². The van der Waals surface area contributed by atoms with Gasteiger partial charge in [-0.1, -0.05) is 53.1 Å². The summed E-state index contributed by atoms with van der Waals surface area (Å²) in [5.74, 6) is 0. The number of halogens is 2. The van der Waals surface area contributed by atoms with Gasteiger partial charge in [-0.15, -0.1) is 0 Å². The molecular weight excluding hydrogens is 307 g/mol. The normalized spacial score (nSPS) is 11.2. The summed E-state index contributed by atoms with van der Waals surface area (Å²) in [6, 6.07) is 9.14. The van der Waals surface area contributed by atoms with E-state index in [0.717, 1.165) is 11.1 Å². The van der Waals surface area contributed by atoms with Gasteiger partial charge in [-0.05, 0) is 23.8 Å². The van der Waals surface area contributed by atoms with Gasteiger partial charge in [-0.2, -0.15) is 0 Å². The molecule has 0 bridgehead atoms. The number of pyridine rings is 1. The number of nitrogens with zero attached hydrogens (tertiary/aromatic N) is 2. The van der Waals surface area contributed by atoms with Gasteiger partial charge in [0.2, 0.25) is 0 Å². The maximum Gasteiger partial charge on any atom is 0.135 e. The Morgan fingerprint density at radius 3 is 2.86 bits per heavy atom. The number of rotatable bonds is 6. The third kappa shape index (κ3) is 4.59. The molecule has 5 heteroatoms. The van der Waals surface area contributed by atoms with Crippen molar-refractivity contribution in [3.05, 3.63) is 76.6 Å². The highest BCUT2D eigenvalue weighted by Gasteiger charge is 2.11. The number of benzene rings is 1. The van der Waals surface area contributed by atoms with Crippen molar-refractivity contribution in [2.45, 2.75) is 6.42 Å². The highest BCUT2D eigenvalue weighted by atomic mass is 35.5. The molecule has 108 valence electrons. The second-order valence-electron chi connectivity index (χ2n) is 4.28. The minimum Gasteiger partial charge on any atom is -0.391 e. The fourth-order valence-electron chi connectivity index (χ4n) is 1.76. The van der Waals surface area contributed by atoms with E-state index < -0.39 is 0 Å². The van der Waals surface area contributed by atoms with Crippen LogP contribution >= 0.6 is 23.2 Å². The summed E-state index contributed by atoms with van der Waals surface area (Å²) in [4.78, 5) is 9.31. The van der Waals surface area contributed by atoms with E-state index in [-0.39, 0.29) is 0 Å². The maximum atomic E-state index is 6.25. The second-order valence-corrected chi connectivity index (χ2v) is 5.13. The van der Waals surface area contributed by atoms with Crippen molar-refractivity contribution in [2.24, 2.45) is 5.16 Å². The predicted octanol–water partition coefficient (Wildman–Crippen LogP) is 4.54. The van der Waals surface area contributed by atoms with Gasteiger partial charge in [0.1, 0.15) is 6.61 Å². The Hall–Kier alpha value is -1.84. The average Bonchev–Trinajstić information content (AvgIpc) is 2.48. The van der Waals surface area contributed by atoms with E-state index in [1.807, 2.05) is 18.2 Å². The maximum absolute atomic E-state index is 6.25. The van der Waals surface area contributed by atoms with Crippen molar-refractivity contribution in [1.82, 2.24) is 4.98 Å². The van der Waals surface area contributed by atoms with Crippen LogP contribution in [-0.2, 0) is 11.3 Å². The van der Waals surface area contributed by atoms with Crippen LogP contribution in [0.25, 0.3) is 0 Å². The molecule has 0 atom stereocenters. The standard InChI is InChI=1S/C16H14Cl2N2O/c1-2-8-21-20-16(9-12-4-3-7-19-11-12)14-6-5-13(17)10-15(14)18/h2-7,10-11H,1,8-9H2. The van der Waals surface area contributed by atoms with Gasteiger partial charge in [-0.25, -0.2) is 0 Å². The molecule has 0 saturated carbocycles. The molecule has 0 radical (unpaired) electrons. The quantitative estimate of drug-likeness (QED) is 0.339. The topological polar surface area (TPSA) is 34.5 Å². The van der Waals surface area contributed by atoms with Crippen LogP contribution in [0.4, 0.5) is 0 Å². The number of hydrogen-bond acceptors (Lipinski definition) is 3. The highest BCUT2D eigenvalue weighted by molar-refractivity contribution is 6.37. The second kappa shape index (κ2) is 7.81. The Bertz CT molecular complexity index is 642. The molecule has 0 amide bonds. The Morgan fingerprint density at radius 2 is 2.19 bits per heavy atom. The molecule has 0 aliphatic carbocycles. The van der Waals surface area contributed by atoms with Gasteiger partial charge in [-0.3, -0.25) is 4.98 Å². The summed E-state index contributed by atoms with van der Waals surface area (Å²) in [7, 11) is 0. The van der Waals surface area contributed by atoms with E-state index >= 15 is 0 Å². The third-order valence-electron chi connectivity index (χ3n) is 2.70. The van der Waals surface area contributed by atoms with Crippen LogP contribution in [0.15, 0.2) is 60.5 Å². The molecule has 1 aromatic carbocycles. The Kier molecular flexibility index (Phi) is 5.78. The van der Waals surface area contributed by atoms with Crippen LogP contribution < -0.4 is 0 Å². The summed E-state index contributed by atoms with van der Waals surface area (Å²) in [6.45, 7) is 3.93. The van der Waals surface area contributed by atoms with E-state index in [0.29, 0.717) is 28.8 Å². The predicted molar refractivity (Wildman–Crippen MR) is 87.1 cm³/mol. The molecular formula is C16H14Cl2N2O. The van der Waals surface area contributed by atoms with E-state index in [2.05, 4.69) is 16.7 Å².